The molecule has 1 aliphatic rings. The number of halogens is 1. The molecule has 0 bridgehead atoms. The summed E-state index contributed by atoms with van der Waals surface area (Å²) >= 11 is 5.85. The summed E-state index contributed by atoms with van der Waals surface area (Å²) in [5.41, 5.74) is 0.00924. The van der Waals surface area contributed by atoms with Gasteiger partial charge in [-0.1, -0.05) is 17.7 Å². The summed E-state index contributed by atoms with van der Waals surface area (Å²) in [5.74, 6) is -0.788. The number of hydrogen-bond acceptors (Lipinski definition) is 3. The Morgan fingerprint density at radius 3 is 3.00 bits per heavy atom. The van der Waals surface area contributed by atoms with Crippen LogP contribution in [-0.2, 0) is 4.74 Å². The number of ether oxygens (including phenoxy) is 2. The summed E-state index contributed by atoms with van der Waals surface area (Å²) < 4.78 is 11.1. The molecule has 1 unspecified atom stereocenters. The molecule has 0 radical (unpaired) electrons. The minimum atomic E-state index is -1.08. The van der Waals surface area contributed by atoms with Crippen LogP contribution in [0, 0.1) is 0 Å². The fourth-order valence-corrected chi connectivity index (χ4v) is 2.20. The van der Waals surface area contributed by atoms with Crippen LogP contribution < -0.4 is 4.74 Å². The van der Waals surface area contributed by atoms with Gasteiger partial charge in [-0.25, -0.2) is 4.79 Å². The predicted octanol–water partition coefficient (Wildman–Crippen LogP) is 2.99. The van der Waals surface area contributed by atoms with Crippen LogP contribution in [0.5, 0.6) is 5.75 Å². The van der Waals surface area contributed by atoms with Crippen molar-refractivity contribution in [3.05, 3.63) is 28.8 Å². The molecule has 0 aromatic heterocycles. The van der Waals surface area contributed by atoms with Crippen molar-refractivity contribution >= 4 is 17.6 Å². The molecule has 1 aromatic rings. The average Bonchev–Trinajstić information content (AvgIpc) is 2.37. The van der Waals surface area contributed by atoms with E-state index in [1.54, 1.807) is 12.1 Å². The zero-order valence-corrected chi connectivity index (χ0v) is 10.7. The third-order valence-electron chi connectivity index (χ3n) is 2.89. The fourth-order valence-electron chi connectivity index (χ4n) is 1.95. The topological polar surface area (TPSA) is 55.8 Å². The van der Waals surface area contributed by atoms with Gasteiger partial charge in [-0.05, 0) is 31.4 Å². The third kappa shape index (κ3) is 3.15. The van der Waals surface area contributed by atoms with Crippen LogP contribution in [0.25, 0.3) is 0 Å². The zero-order valence-electron chi connectivity index (χ0n) is 9.89. The Bertz CT molecular complexity index is 427. The Labute approximate surface area is 110 Å². The molecule has 1 N–H and O–H groups in total. The second-order valence-electron chi connectivity index (χ2n) is 4.22. The minimum Gasteiger partial charge on any atom is -0.490 e. The van der Waals surface area contributed by atoms with Crippen molar-refractivity contribution in [2.24, 2.45) is 0 Å². The summed E-state index contributed by atoms with van der Waals surface area (Å²) in [4.78, 5) is 11.1. The first-order valence-electron chi connectivity index (χ1n) is 5.94. The molecule has 18 heavy (non-hydrogen) atoms. The van der Waals surface area contributed by atoms with E-state index >= 15 is 0 Å². The SMILES string of the molecule is O=C(O)c1c(Cl)cccc1OCC1CCCCO1. The number of carboxylic acid groups (broad SMARTS) is 1. The monoisotopic (exact) mass is 270 g/mol. The smallest absolute Gasteiger partial charge is 0.341 e. The lowest BCUT2D eigenvalue weighted by Gasteiger charge is -2.23. The molecule has 0 aliphatic carbocycles. The van der Waals surface area contributed by atoms with Crippen LogP contribution in [0.4, 0.5) is 0 Å². The van der Waals surface area contributed by atoms with Gasteiger partial charge < -0.3 is 14.6 Å². The molecule has 1 aliphatic heterocycles. The van der Waals surface area contributed by atoms with Crippen molar-refractivity contribution in [3.63, 3.8) is 0 Å². The molecule has 0 spiro atoms. The first-order valence-corrected chi connectivity index (χ1v) is 6.32. The van der Waals surface area contributed by atoms with Gasteiger partial charge in [0.25, 0.3) is 0 Å². The molecule has 1 fully saturated rings. The Hall–Kier alpha value is -1.26. The van der Waals surface area contributed by atoms with E-state index in [1.165, 1.54) is 6.07 Å². The Morgan fingerprint density at radius 2 is 2.33 bits per heavy atom. The highest BCUT2D eigenvalue weighted by molar-refractivity contribution is 6.33. The van der Waals surface area contributed by atoms with E-state index in [2.05, 4.69) is 0 Å². The zero-order chi connectivity index (χ0) is 13.0. The number of hydrogen-bond donors (Lipinski definition) is 1. The number of carbonyl (C=O) groups is 1. The van der Waals surface area contributed by atoms with E-state index in [0.717, 1.165) is 25.9 Å². The maximum atomic E-state index is 11.1. The molecule has 98 valence electrons. The quantitative estimate of drug-likeness (QED) is 0.914. The highest BCUT2D eigenvalue weighted by Crippen LogP contribution is 2.27. The molecular formula is C13H15ClO4. The third-order valence-corrected chi connectivity index (χ3v) is 3.20. The van der Waals surface area contributed by atoms with Crippen LogP contribution in [-0.4, -0.2) is 30.4 Å². The molecule has 0 saturated carbocycles. The van der Waals surface area contributed by atoms with E-state index in [4.69, 9.17) is 26.2 Å². The van der Waals surface area contributed by atoms with Gasteiger partial charge in [-0.2, -0.15) is 0 Å². The van der Waals surface area contributed by atoms with Gasteiger partial charge in [-0.3, -0.25) is 0 Å². The van der Waals surface area contributed by atoms with Crippen LogP contribution in [0.3, 0.4) is 0 Å². The van der Waals surface area contributed by atoms with Gasteiger partial charge in [0.15, 0.2) is 0 Å². The van der Waals surface area contributed by atoms with Crippen molar-refractivity contribution < 1.29 is 19.4 Å². The summed E-state index contributed by atoms with van der Waals surface area (Å²) in [7, 11) is 0. The number of aromatic carboxylic acids is 1. The largest absolute Gasteiger partial charge is 0.490 e. The lowest BCUT2D eigenvalue weighted by Crippen LogP contribution is -2.26. The maximum absolute atomic E-state index is 11.1. The minimum absolute atomic E-state index is 0.00924. The molecule has 1 saturated heterocycles. The molecule has 1 heterocycles. The first kappa shape index (κ1) is 13.2. The van der Waals surface area contributed by atoms with E-state index in [9.17, 15) is 4.79 Å². The lowest BCUT2D eigenvalue weighted by molar-refractivity contribution is -0.0113. The van der Waals surface area contributed by atoms with Crippen LogP contribution in [0.2, 0.25) is 5.02 Å². The van der Waals surface area contributed by atoms with Crippen molar-refractivity contribution in [1.29, 1.82) is 0 Å². The first-order chi connectivity index (χ1) is 8.68. The number of rotatable bonds is 4. The lowest BCUT2D eigenvalue weighted by atomic mass is 10.1. The number of benzene rings is 1. The van der Waals surface area contributed by atoms with E-state index < -0.39 is 5.97 Å². The van der Waals surface area contributed by atoms with Gasteiger partial charge in [0.2, 0.25) is 0 Å². The van der Waals surface area contributed by atoms with E-state index in [0.29, 0.717) is 12.4 Å². The summed E-state index contributed by atoms with van der Waals surface area (Å²) in [6.07, 6.45) is 3.19. The van der Waals surface area contributed by atoms with Crippen molar-refractivity contribution in [2.75, 3.05) is 13.2 Å². The van der Waals surface area contributed by atoms with Crippen molar-refractivity contribution in [2.45, 2.75) is 25.4 Å². The molecule has 1 atom stereocenters. The Kier molecular flexibility index (Phi) is 4.44. The van der Waals surface area contributed by atoms with Gasteiger partial charge in [0.1, 0.15) is 17.9 Å². The standard InChI is InChI=1S/C13H15ClO4/c14-10-5-3-6-11(12(10)13(15)16)18-8-9-4-1-2-7-17-9/h3,5-6,9H,1-2,4,7-8H2,(H,15,16). The second-order valence-corrected chi connectivity index (χ2v) is 4.62. The molecule has 1 aromatic carbocycles. The van der Waals surface area contributed by atoms with E-state index in [1.807, 2.05) is 0 Å². The molecule has 0 amide bonds. The highest BCUT2D eigenvalue weighted by Gasteiger charge is 2.18. The van der Waals surface area contributed by atoms with Crippen LogP contribution in [0.1, 0.15) is 29.6 Å². The molecule has 5 heteroatoms. The number of carboxylic acids is 1. The Morgan fingerprint density at radius 1 is 1.50 bits per heavy atom. The van der Waals surface area contributed by atoms with Gasteiger partial charge in [-0.15, -0.1) is 0 Å². The van der Waals surface area contributed by atoms with Crippen molar-refractivity contribution in [3.8, 4) is 5.75 Å². The summed E-state index contributed by atoms with van der Waals surface area (Å²) in [6, 6.07) is 4.82. The fraction of sp³-hybridized carbons (Fsp3) is 0.462. The normalized spacial score (nSPS) is 19.5. The second kappa shape index (κ2) is 6.07. The van der Waals surface area contributed by atoms with Gasteiger partial charge in [0, 0.05) is 6.61 Å². The van der Waals surface area contributed by atoms with Crippen molar-refractivity contribution in [1.82, 2.24) is 0 Å². The Balaban J connectivity index is 2.04. The van der Waals surface area contributed by atoms with Gasteiger partial charge in [0.05, 0.1) is 11.1 Å². The highest BCUT2D eigenvalue weighted by atomic mass is 35.5. The van der Waals surface area contributed by atoms with Crippen LogP contribution in [0.15, 0.2) is 18.2 Å². The van der Waals surface area contributed by atoms with E-state index in [-0.39, 0.29) is 16.7 Å². The summed E-state index contributed by atoms with van der Waals surface area (Å²) in [5, 5.41) is 9.27. The molecule has 4 nitrogen and oxygen atoms in total. The average molecular weight is 271 g/mol. The predicted molar refractivity (Wildman–Crippen MR) is 67.5 cm³/mol. The van der Waals surface area contributed by atoms with Crippen LogP contribution >= 0.6 is 11.6 Å². The summed E-state index contributed by atoms with van der Waals surface area (Å²) in [6.45, 7) is 1.11. The molecular weight excluding hydrogens is 256 g/mol. The maximum Gasteiger partial charge on any atom is 0.341 e. The van der Waals surface area contributed by atoms with Gasteiger partial charge >= 0.3 is 5.97 Å². The molecule has 2 rings (SSSR count).